The van der Waals surface area contributed by atoms with Crippen LogP contribution in [0.4, 0.5) is 5.69 Å². The minimum absolute atomic E-state index is 0.0492. The molecule has 1 fully saturated rings. The number of rotatable bonds is 17. The Labute approximate surface area is 225 Å². The van der Waals surface area contributed by atoms with Gasteiger partial charge in [-0.15, -0.1) is 0 Å². The van der Waals surface area contributed by atoms with Gasteiger partial charge in [-0.2, -0.15) is 0 Å². The van der Waals surface area contributed by atoms with Crippen molar-refractivity contribution in [1.82, 2.24) is 14.7 Å². The van der Waals surface area contributed by atoms with Gasteiger partial charge < -0.3 is 31.3 Å². The predicted octanol–water partition coefficient (Wildman–Crippen LogP) is -0.180. The first-order valence-electron chi connectivity index (χ1n) is 12.5. The average molecular weight is 553 g/mol. The second-order valence-electron chi connectivity index (χ2n) is 9.73. The quantitative estimate of drug-likeness (QED) is 0.138. The summed E-state index contributed by atoms with van der Waals surface area (Å²) in [5, 5.41) is 47.5. The molecule has 1 aromatic carbocycles. The zero-order valence-corrected chi connectivity index (χ0v) is 21.5. The third-order valence-corrected chi connectivity index (χ3v) is 6.74. The summed E-state index contributed by atoms with van der Waals surface area (Å²) in [6.07, 6.45) is 2.47. The summed E-state index contributed by atoms with van der Waals surface area (Å²) in [6, 6.07) is 4.83. The number of hydrogen-bond donors (Lipinski definition) is 6. The monoisotopic (exact) mass is 552 g/mol. The Kier molecular flexibility index (Phi) is 12.1. The van der Waals surface area contributed by atoms with E-state index in [9.17, 15) is 49.5 Å². The van der Waals surface area contributed by atoms with E-state index in [1.165, 1.54) is 9.80 Å². The summed E-state index contributed by atoms with van der Waals surface area (Å²) in [5.41, 5.74) is 6.99. The maximum absolute atomic E-state index is 11.9. The van der Waals surface area contributed by atoms with Gasteiger partial charge in [0, 0.05) is 30.4 Å². The maximum atomic E-state index is 11.9. The highest BCUT2D eigenvalue weighted by atomic mass is 16.4. The topological polar surface area (TPSA) is 222 Å². The van der Waals surface area contributed by atoms with Crippen LogP contribution in [0.5, 0.6) is 0 Å². The van der Waals surface area contributed by atoms with Gasteiger partial charge in [-0.05, 0) is 37.0 Å². The number of benzene rings is 1. The molecule has 14 nitrogen and oxygen atoms in total. The second-order valence-corrected chi connectivity index (χ2v) is 9.73. The molecule has 0 aromatic heterocycles. The third kappa shape index (κ3) is 10.9. The van der Waals surface area contributed by atoms with Crippen LogP contribution >= 0.6 is 0 Å². The molecule has 0 amide bonds. The first-order chi connectivity index (χ1) is 18.3. The van der Waals surface area contributed by atoms with Gasteiger partial charge in [-0.25, -0.2) is 0 Å². The van der Waals surface area contributed by atoms with Gasteiger partial charge in [-0.3, -0.25) is 38.7 Å². The summed E-state index contributed by atoms with van der Waals surface area (Å²) < 4.78 is 0. The molecule has 1 aliphatic rings. The van der Waals surface area contributed by atoms with Gasteiger partial charge >= 0.3 is 29.8 Å². The van der Waals surface area contributed by atoms with Crippen LogP contribution in [0, 0.1) is 0 Å². The van der Waals surface area contributed by atoms with Crippen LogP contribution in [0.1, 0.15) is 31.2 Å². The summed E-state index contributed by atoms with van der Waals surface area (Å²) in [5.74, 6) is -6.14. The summed E-state index contributed by atoms with van der Waals surface area (Å²) in [7, 11) is 0. The van der Waals surface area contributed by atoms with Crippen LogP contribution < -0.4 is 5.73 Å². The molecule has 2 rings (SSSR count). The standard InChI is InChI=1S/C25H36N4O10/c26-17-7-5-16(6-8-17)9-18(27(11-21(30)31)12-22(32)33)10-28(13-23(34)35)19-3-1-2-4-20(19)29(14-24(36)37)15-25(38)39/h5-8,18-20H,1-4,9-15,26H2,(H,30,31)(H,32,33)(H,34,35)(H,36,37)(H,38,39)/t18-,19?,20?/m0/s1. The van der Waals surface area contributed by atoms with E-state index in [0.717, 1.165) is 5.56 Å². The first-order valence-corrected chi connectivity index (χ1v) is 12.5. The van der Waals surface area contributed by atoms with E-state index in [0.29, 0.717) is 31.4 Å². The van der Waals surface area contributed by atoms with Crippen LogP contribution in [0.3, 0.4) is 0 Å². The van der Waals surface area contributed by atoms with E-state index < -0.39 is 80.7 Å². The Balaban J connectivity index is 2.48. The van der Waals surface area contributed by atoms with E-state index in [1.54, 1.807) is 29.2 Å². The number of nitrogens with zero attached hydrogens (tertiary/aromatic N) is 3. The SMILES string of the molecule is Nc1ccc(C[C@@H](CN(CC(=O)O)C2CCCCC2N(CC(=O)O)CC(=O)O)N(CC(=O)O)CC(=O)O)cc1. The normalized spacial score (nSPS) is 18.2. The number of nitrogen functional groups attached to an aromatic ring is 1. The van der Waals surface area contributed by atoms with Gasteiger partial charge in [-0.1, -0.05) is 25.0 Å². The van der Waals surface area contributed by atoms with E-state index in [1.807, 2.05) is 0 Å². The van der Waals surface area contributed by atoms with Crippen molar-refractivity contribution in [1.29, 1.82) is 0 Å². The number of aliphatic carboxylic acids is 5. The van der Waals surface area contributed by atoms with Gasteiger partial charge in [0.1, 0.15) is 0 Å². The molecular weight excluding hydrogens is 516 g/mol. The molecule has 7 N–H and O–H groups in total. The minimum atomic E-state index is -1.26. The van der Waals surface area contributed by atoms with Crippen molar-refractivity contribution < 1.29 is 49.5 Å². The molecule has 0 bridgehead atoms. The molecule has 0 aliphatic heterocycles. The van der Waals surface area contributed by atoms with Gasteiger partial charge in [0.15, 0.2) is 0 Å². The van der Waals surface area contributed by atoms with E-state index in [-0.39, 0.29) is 13.0 Å². The van der Waals surface area contributed by atoms with Crippen molar-refractivity contribution in [2.45, 2.75) is 50.2 Å². The highest BCUT2D eigenvalue weighted by Crippen LogP contribution is 2.28. The van der Waals surface area contributed by atoms with Gasteiger partial charge in [0.2, 0.25) is 0 Å². The van der Waals surface area contributed by atoms with Gasteiger partial charge in [0.25, 0.3) is 0 Å². The van der Waals surface area contributed by atoms with Crippen LogP contribution in [0.2, 0.25) is 0 Å². The van der Waals surface area contributed by atoms with Crippen LogP contribution in [0.15, 0.2) is 24.3 Å². The molecule has 1 aromatic rings. The molecular formula is C25H36N4O10. The fraction of sp³-hybridized carbons (Fsp3) is 0.560. The number of anilines is 1. The highest BCUT2D eigenvalue weighted by molar-refractivity contribution is 5.73. The van der Waals surface area contributed by atoms with Crippen LogP contribution in [-0.4, -0.2) is 127 Å². The van der Waals surface area contributed by atoms with Crippen molar-refractivity contribution >= 4 is 35.5 Å². The zero-order valence-electron chi connectivity index (χ0n) is 21.5. The van der Waals surface area contributed by atoms with Gasteiger partial charge in [0.05, 0.1) is 32.7 Å². The van der Waals surface area contributed by atoms with E-state index in [4.69, 9.17) is 5.73 Å². The van der Waals surface area contributed by atoms with Crippen molar-refractivity contribution in [3.05, 3.63) is 29.8 Å². The van der Waals surface area contributed by atoms with Crippen LogP contribution in [-0.2, 0) is 30.4 Å². The molecule has 0 spiro atoms. The van der Waals surface area contributed by atoms with E-state index >= 15 is 0 Å². The average Bonchev–Trinajstić information content (AvgIpc) is 2.82. The Morgan fingerprint density at radius 1 is 0.692 bits per heavy atom. The maximum Gasteiger partial charge on any atom is 0.317 e. The number of nitrogens with two attached hydrogens (primary N) is 1. The number of carboxylic acid groups (broad SMARTS) is 5. The minimum Gasteiger partial charge on any atom is -0.480 e. The van der Waals surface area contributed by atoms with Crippen molar-refractivity contribution in [2.75, 3.05) is 45.0 Å². The summed E-state index contributed by atoms with van der Waals surface area (Å²) >= 11 is 0. The molecule has 216 valence electrons. The molecule has 39 heavy (non-hydrogen) atoms. The largest absolute Gasteiger partial charge is 0.480 e. The Hall–Kier alpha value is -3.75. The molecule has 2 unspecified atom stereocenters. The predicted molar refractivity (Wildman–Crippen MR) is 137 cm³/mol. The lowest BCUT2D eigenvalue weighted by Crippen LogP contribution is -2.59. The number of carboxylic acids is 5. The molecule has 0 heterocycles. The Morgan fingerprint density at radius 2 is 1.10 bits per heavy atom. The summed E-state index contributed by atoms with van der Waals surface area (Å²) in [6.45, 7) is -2.84. The lowest BCUT2D eigenvalue weighted by Gasteiger charge is -2.45. The van der Waals surface area contributed by atoms with Crippen molar-refractivity contribution in [2.24, 2.45) is 0 Å². The molecule has 1 aliphatic carbocycles. The third-order valence-electron chi connectivity index (χ3n) is 6.74. The van der Waals surface area contributed by atoms with Crippen molar-refractivity contribution in [3.63, 3.8) is 0 Å². The fourth-order valence-electron chi connectivity index (χ4n) is 5.24. The highest BCUT2D eigenvalue weighted by Gasteiger charge is 2.38. The van der Waals surface area contributed by atoms with E-state index in [2.05, 4.69) is 0 Å². The Morgan fingerprint density at radius 3 is 1.54 bits per heavy atom. The number of hydrogen-bond acceptors (Lipinski definition) is 9. The van der Waals surface area contributed by atoms with Crippen molar-refractivity contribution in [3.8, 4) is 0 Å². The van der Waals surface area contributed by atoms with Crippen LogP contribution in [0.25, 0.3) is 0 Å². The molecule has 0 radical (unpaired) electrons. The number of carbonyl (C=O) groups is 5. The Bertz CT molecular complexity index is 987. The zero-order chi connectivity index (χ0) is 29.1. The summed E-state index contributed by atoms with van der Waals surface area (Å²) in [4.78, 5) is 62.4. The molecule has 0 saturated heterocycles. The second kappa shape index (κ2) is 15.0. The molecule has 1 saturated carbocycles. The molecule has 14 heteroatoms. The fourth-order valence-corrected chi connectivity index (χ4v) is 5.24. The first kappa shape index (κ1) is 31.5. The lowest BCUT2D eigenvalue weighted by atomic mass is 9.87. The lowest BCUT2D eigenvalue weighted by molar-refractivity contribution is -0.146. The smallest absolute Gasteiger partial charge is 0.317 e. The molecule has 3 atom stereocenters.